The van der Waals surface area contributed by atoms with Gasteiger partial charge in [0.05, 0.1) is 5.56 Å². The van der Waals surface area contributed by atoms with Crippen LogP contribution < -0.4 is 11.1 Å². The summed E-state index contributed by atoms with van der Waals surface area (Å²) in [5.41, 5.74) is 5.13. The third-order valence-corrected chi connectivity index (χ3v) is 2.54. The standard InChI is InChI=1S/C14H15FN2O4/c1-8(6-12(16)18)17-14(21)10-7-9(2-4-11(10)15)3-5-13(19)20/h2-5,7-8H,6H2,1H3,(H2,16,18)(H,17,21)(H,19,20)/b5-3+. The Hall–Kier alpha value is -2.70. The second-order valence-corrected chi connectivity index (χ2v) is 4.46. The first-order chi connectivity index (χ1) is 9.79. The van der Waals surface area contributed by atoms with E-state index in [-0.39, 0.29) is 12.0 Å². The molecule has 1 rings (SSSR count). The molecule has 0 fully saturated rings. The van der Waals surface area contributed by atoms with Crippen molar-refractivity contribution < 1.29 is 23.9 Å². The minimum absolute atomic E-state index is 0.0635. The molecule has 0 spiro atoms. The number of hydrogen-bond acceptors (Lipinski definition) is 3. The van der Waals surface area contributed by atoms with Crippen molar-refractivity contribution in [3.8, 4) is 0 Å². The quantitative estimate of drug-likeness (QED) is 0.677. The van der Waals surface area contributed by atoms with Crippen LogP contribution in [0.4, 0.5) is 4.39 Å². The molecule has 0 aromatic heterocycles. The summed E-state index contributed by atoms with van der Waals surface area (Å²) in [5, 5.41) is 11.0. The normalized spacial score (nSPS) is 12.1. The van der Waals surface area contributed by atoms with Gasteiger partial charge in [0.25, 0.3) is 5.91 Å². The molecule has 1 atom stereocenters. The Morgan fingerprint density at radius 1 is 1.43 bits per heavy atom. The van der Waals surface area contributed by atoms with Gasteiger partial charge >= 0.3 is 5.97 Å². The Labute approximate surface area is 120 Å². The minimum Gasteiger partial charge on any atom is -0.478 e. The summed E-state index contributed by atoms with van der Waals surface area (Å²) in [7, 11) is 0. The van der Waals surface area contributed by atoms with E-state index >= 15 is 0 Å². The number of carboxylic acid groups (broad SMARTS) is 1. The fourth-order valence-electron chi connectivity index (χ4n) is 1.64. The average molecular weight is 294 g/mol. The number of nitrogens with one attached hydrogen (secondary N) is 1. The van der Waals surface area contributed by atoms with Crippen LogP contribution in [0.1, 0.15) is 29.3 Å². The molecule has 0 saturated carbocycles. The highest BCUT2D eigenvalue weighted by Gasteiger charge is 2.15. The number of amides is 2. The molecule has 0 radical (unpaired) electrons. The maximum atomic E-state index is 13.6. The van der Waals surface area contributed by atoms with Gasteiger partial charge in [-0.1, -0.05) is 6.07 Å². The van der Waals surface area contributed by atoms with E-state index in [1.807, 2.05) is 0 Å². The molecular weight excluding hydrogens is 279 g/mol. The van der Waals surface area contributed by atoms with E-state index in [1.54, 1.807) is 6.92 Å². The molecule has 0 bridgehead atoms. The van der Waals surface area contributed by atoms with Crippen molar-refractivity contribution in [3.05, 3.63) is 41.2 Å². The van der Waals surface area contributed by atoms with Crippen LogP contribution in [0.5, 0.6) is 0 Å². The third-order valence-electron chi connectivity index (χ3n) is 2.54. The summed E-state index contributed by atoms with van der Waals surface area (Å²) in [5.74, 6) is -3.18. The number of benzene rings is 1. The number of primary amides is 1. The molecule has 0 heterocycles. The molecular formula is C14H15FN2O4. The van der Waals surface area contributed by atoms with Gasteiger partial charge in [-0.25, -0.2) is 9.18 Å². The number of hydrogen-bond donors (Lipinski definition) is 3. The summed E-state index contributed by atoms with van der Waals surface area (Å²) in [4.78, 5) is 33.1. The first-order valence-corrected chi connectivity index (χ1v) is 6.09. The summed E-state index contributed by atoms with van der Waals surface area (Å²) in [6.07, 6.45) is 2.06. The van der Waals surface area contributed by atoms with Crippen LogP contribution in [-0.2, 0) is 9.59 Å². The first kappa shape index (κ1) is 16.4. The fourth-order valence-corrected chi connectivity index (χ4v) is 1.64. The van der Waals surface area contributed by atoms with Crippen molar-refractivity contribution in [1.29, 1.82) is 0 Å². The van der Waals surface area contributed by atoms with Crippen LogP contribution in [0.3, 0.4) is 0 Å². The van der Waals surface area contributed by atoms with Crippen molar-refractivity contribution in [3.63, 3.8) is 0 Å². The summed E-state index contributed by atoms with van der Waals surface area (Å²) in [6.45, 7) is 1.56. The van der Waals surface area contributed by atoms with Gasteiger partial charge in [0.1, 0.15) is 5.82 Å². The topological polar surface area (TPSA) is 109 Å². The van der Waals surface area contributed by atoms with Crippen molar-refractivity contribution >= 4 is 23.9 Å². The Bertz CT molecular complexity index is 599. The fraction of sp³-hybridized carbons (Fsp3) is 0.214. The number of carbonyl (C=O) groups excluding carboxylic acids is 2. The van der Waals surface area contributed by atoms with Gasteiger partial charge < -0.3 is 16.2 Å². The van der Waals surface area contributed by atoms with Crippen LogP contribution in [0.15, 0.2) is 24.3 Å². The molecule has 0 aliphatic heterocycles. The van der Waals surface area contributed by atoms with E-state index in [1.165, 1.54) is 18.2 Å². The van der Waals surface area contributed by atoms with Gasteiger partial charge in [0.15, 0.2) is 0 Å². The smallest absolute Gasteiger partial charge is 0.328 e. The van der Waals surface area contributed by atoms with Crippen molar-refractivity contribution in [2.75, 3.05) is 0 Å². The summed E-state index contributed by atoms with van der Waals surface area (Å²) < 4.78 is 13.6. The van der Waals surface area contributed by atoms with Crippen molar-refractivity contribution in [2.45, 2.75) is 19.4 Å². The zero-order valence-electron chi connectivity index (χ0n) is 11.3. The maximum absolute atomic E-state index is 13.6. The molecule has 7 heteroatoms. The maximum Gasteiger partial charge on any atom is 0.328 e. The van der Waals surface area contributed by atoms with Gasteiger partial charge in [-0.3, -0.25) is 9.59 Å². The molecule has 4 N–H and O–H groups in total. The van der Waals surface area contributed by atoms with E-state index < -0.39 is 29.6 Å². The Morgan fingerprint density at radius 3 is 2.67 bits per heavy atom. The van der Waals surface area contributed by atoms with Gasteiger partial charge in [-0.15, -0.1) is 0 Å². The molecule has 1 aromatic carbocycles. The van der Waals surface area contributed by atoms with Gasteiger partial charge in [-0.2, -0.15) is 0 Å². The van der Waals surface area contributed by atoms with Crippen LogP contribution in [0.25, 0.3) is 6.08 Å². The van der Waals surface area contributed by atoms with Crippen molar-refractivity contribution in [1.82, 2.24) is 5.32 Å². The predicted molar refractivity (Wildman–Crippen MR) is 73.8 cm³/mol. The van der Waals surface area contributed by atoms with Crippen LogP contribution in [-0.4, -0.2) is 28.9 Å². The second-order valence-electron chi connectivity index (χ2n) is 4.46. The number of aliphatic carboxylic acids is 1. The van der Waals surface area contributed by atoms with Gasteiger partial charge in [0.2, 0.25) is 5.91 Å². The molecule has 21 heavy (non-hydrogen) atoms. The summed E-state index contributed by atoms with van der Waals surface area (Å²) >= 11 is 0. The third kappa shape index (κ3) is 5.43. The minimum atomic E-state index is -1.15. The van der Waals surface area contributed by atoms with E-state index in [4.69, 9.17) is 10.8 Å². The molecule has 2 amide bonds. The lowest BCUT2D eigenvalue weighted by Crippen LogP contribution is -2.36. The number of nitrogens with two attached hydrogens (primary N) is 1. The predicted octanol–water partition coefficient (Wildman–Crippen LogP) is 0.917. The number of halogens is 1. The largest absolute Gasteiger partial charge is 0.478 e. The molecule has 112 valence electrons. The lowest BCUT2D eigenvalue weighted by Gasteiger charge is -2.12. The highest BCUT2D eigenvalue weighted by molar-refractivity contribution is 5.96. The zero-order valence-corrected chi connectivity index (χ0v) is 11.3. The van der Waals surface area contributed by atoms with Gasteiger partial charge in [-0.05, 0) is 30.7 Å². The van der Waals surface area contributed by atoms with Gasteiger partial charge in [0, 0.05) is 18.5 Å². The monoisotopic (exact) mass is 294 g/mol. The summed E-state index contributed by atoms with van der Waals surface area (Å²) in [6, 6.07) is 3.10. The highest BCUT2D eigenvalue weighted by Crippen LogP contribution is 2.12. The van der Waals surface area contributed by atoms with Crippen LogP contribution in [0.2, 0.25) is 0 Å². The second kappa shape index (κ2) is 7.18. The van der Waals surface area contributed by atoms with Crippen molar-refractivity contribution in [2.24, 2.45) is 5.73 Å². The molecule has 0 aliphatic rings. The Kier molecular flexibility index (Phi) is 5.59. The number of carboxylic acids is 1. The van der Waals surface area contributed by atoms with E-state index in [9.17, 15) is 18.8 Å². The van der Waals surface area contributed by atoms with Crippen LogP contribution in [0, 0.1) is 5.82 Å². The highest BCUT2D eigenvalue weighted by atomic mass is 19.1. The molecule has 6 nitrogen and oxygen atoms in total. The SMILES string of the molecule is CC(CC(N)=O)NC(=O)c1cc(/C=C/C(=O)O)ccc1F. The lowest BCUT2D eigenvalue weighted by atomic mass is 10.1. The first-order valence-electron chi connectivity index (χ1n) is 6.09. The lowest BCUT2D eigenvalue weighted by molar-refractivity contribution is -0.131. The average Bonchev–Trinajstić information content (AvgIpc) is 2.36. The Morgan fingerprint density at radius 2 is 2.10 bits per heavy atom. The Balaban J connectivity index is 2.90. The molecule has 1 unspecified atom stereocenters. The molecule has 1 aromatic rings. The van der Waals surface area contributed by atoms with Crippen LogP contribution >= 0.6 is 0 Å². The zero-order chi connectivity index (χ0) is 16.0. The number of carbonyl (C=O) groups is 3. The molecule has 0 aliphatic carbocycles. The van der Waals surface area contributed by atoms with E-state index in [0.717, 1.165) is 12.1 Å². The number of rotatable bonds is 6. The molecule has 0 saturated heterocycles. The van der Waals surface area contributed by atoms with E-state index in [2.05, 4.69) is 5.32 Å². The van der Waals surface area contributed by atoms with E-state index in [0.29, 0.717) is 5.56 Å².